The maximum atomic E-state index is 11.1. The molecule has 7 heteroatoms. The second-order valence-corrected chi connectivity index (χ2v) is 5.18. The van der Waals surface area contributed by atoms with Crippen LogP contribution in [0.3, 0.4) is 0 Å². The van der Waals surface area contributed by atoms with Crippen LogP contribution in [-0.4, -0.2) is 5.97 Å². The van der Waals surface area contributed by atoms with Crippen LogP contribution >= 0.6 is 0 Å². The van der Waals surface area contributed by atoms with Gasteiger partial charge in [0.05, 0.1) is 5.97 Å². The third-order valence-electron chi connectivity index (χ3n) is 3.45. The molecule has 0 aliphatic carbocycles. The van der Waals surface area contributed by atoms with Gasteiger partial charge >= 0.3 is 59.1 Å². The number of hydrogen-bond donors (Lipinski definition) is 2. The van der Waals surface area contributed by atoms with Crippen molar-refractivity contribution in [1.82, 2.24) is 0 Å². The van der Waals surface area contributed by atoms with E-state index in [2.05, 4.69) is 10.6 Å². The molecule has 0 aliphatic rings. The van der Waals surface area contributed by atoms with Crippen LogP contribution < -0.4 is 80.0 Å². The molecule has 120 valence electrons. The molecule has 0 unspecified atom stereocenters. The van der Waals surface area contributed by atoms with Crippen molar-refractivity contribution in [3.05, 3.63) is 78.4 Å². The molecule has 0 atom stereocenters. The Kier molecular flexibility index (Phi) is 9.22. The molecule has 3 rings (SSSR count). The molecule has 0 fully saturated rings. The van der Waals surface area contributed by atoms with Gasteiger partial charge in [-0.1, -0.05) is 30.3 Å². The first-order valence-corrected chi connectivity index (χ1v) is 7.33. The molecular formula is C19H14N2Na2O3. The summed E-state index contributed by atoms with van der Waals surface area (Å²) in [6.45, 7) is 0. The van der Waals surface area contributed by atoms with Crippen LogP contribution in [0, 0.1) is 0 Å². The number of para-hydroxylation sites is 1. The Hall–Kier alpha value is -1.47. The Bertz CT molecular complexity index is 853. The minimum Gasteiger partial charge on any atom is -0.872 e. The van der Waals surface area contributed by atoms with Crippen molar-refractivity contribution >= 4 is 28.7 Å². The van der Waals surface area contributed by atoms with Gasteiger partial charge in [-0.2, -0.15) is 0 Å². The minimum absolute atomic E-state index is 0. The molecule has 0 saturated heterocycles. The van der Waals surface area contributed by atoms with Crippen LogP contribution in [0.15, 0.2) is 72.8 Å². The predicted molar refractivity (Wildman–Crippen MR) is 89.7 cm³/mol. The van der Waals surface area contributed by atoms with E-state index in [-0.39, 0.29) is 70.4 Å². The fourth-order valence-corrected chi connectivity index (χ4v) is 2.27. The molecule has 26 heavy (non-hydrogen) atoms. The van der Waals surface area contributed by atoms with Crippen LogP contribution in [0.4, 0.5) is 22.7 Å². The molecule has 0 heterocycles. The summed E-state index contributed by atoms with van der Waals surface area (Å²) in [5, 5.41) is 28.4. The summed E-state index contributed by atoms with van der Waals surface area (Å²) in [6, 6.07) is 20.4. The summed E-state index contributed by atoms with van der Waals surface area (Å²) in [5.41, 5.74) is 3.01. The number of aromatic carboxylic acids is 1. The number of hydrogen-bond acceptors (Lipinski definition) is 5. The molecule has 0 bridgehead atoms. The third kappa shape index (κ3) is 6.06. The van der Waals surface area contributed by atoms with Gasteiger partial charge in [-0.05, 0) is 42.5 Å². The van der Waals surface area contributed by atoms with Gasteiger partial charge in [0.2, 0.25) is 0 Å². The summed E-state index contributed by atoms with van der Waals surface area (Å²) in [7, 11) is 0. The SMILES string of the molecule is O=C([O-])c1ccccc1Nc1ccc(Nc2ccc([O-])cc2)cc1.[Na+].[Na+]. The fraction of sp³-hybridized carbons (Fsp3) is 0. The number of nitrogens with one attached hydrogen (secondary N) is 2. The van der Waals surface area contributed by atoms with Gasteiger partial charge in [0.15, 0.2) is 0 Å². The number of carboxylic acid groups (broad SMARTS) is 1. The van der Waals surface area contributed by atoms with Gasteiger partial charge in [-0.3, -0.25) is 0 Å². The average Bonchev–Trinajstić information content (AvgIpc) is 2.59. The first-order valence-electron chi connectivity index (χ1n) is 7.33. The van der Waals surface area contributed by atoms with Gasteiger partial charge in [0.25, 0.3) is 0 Å². The minimum atomic E-state index is -1.22. The number of rotatable bonds is 5. The molecule has 3 aromatic carbocycles. The second-order valence-electron chi connectivity index (χ2n) is 5.18. The zero-order valence-electron chi connectivity index (χ0n) is 14.7. The summed E-state index contributed by atoms with van der Waals surface area (Å²) in [5.74, 6) is -1.26. The van der Waals surface area contributed by atoms with Crippen molar-refractivity contribution in [1.29, 1.82) is 0 Å². The quantitative estimate of drug-likeness (QED) is 0.462. The molecule has 5 nitrogen and oxygen atoms in total. The Balaban J connectivity index is 0.00000169. The Labute approximate surface area is 196 Å². The summed E-state index contributed by atoms with van der Waals surface area (Å²) in [4.78, 5) is 11.1. The zero-order valence-corrected chi connectivity index (χ0v) is 18.7. The van der Waals surface area contributed by atoms with Gasteiger partial charge in [-0.15, -0.1) is 5.75 Å². The van der Waals surface area contributed by atoms with E-state index in [4.69, 9.17) is 0 Å². The molecule has 0 amide bonds. The van der Waals surface area contributed by atoms with E-state index in [1.165, 1.54) is 18.2 Å². The van der Waals surface area contributed by atoms with Crippen molar-refractivity contribution < 1.29 is 74.1 Å². The molecule has 0 spiro atoms. The molecule has 0 aliphatic heterocycles. The van der Waals surface area contributed by atoms with Crippen molar-refractivity contribution in [3.8, 4) is 5.75 Å². The summed E-state index contributed by atoms with van der Waals surface area (Å²) < 4.78 is 0. The molecule has 0 saturated carbocycles. The zero-order chi connectivity index (χ0) is 16.9. The van der Waals surface area contributed by atoms with Crippen LogP contribution in [0.2, 0.25) is 0 Å². The smallest absolute Gasteiger partial charge is 0.872 e. The van der Waals surface area contributed by atoms with E-state index in [1.54, 1.807) is 30.3 Å². The van der Waals surface area contributed by atoms with Crippen molar-refractivity contribution in [2.24, 2.45) is 0 Å². The molecule has 2 N–H and O–H groups in total. The van der Waals surface area contributed by atoms with Crippen molar-refractivity contribution in [3.63, 3.8) is 0 Å². The van der Waals surface area contributed by atoms with Crippen molar-refractivity contribution in [2.45, 2.75) is 0 Å². The average molecular weight is 364 g/mol. The first-order chi connectivity index (χ1) is 11.6. The van der Waals surface area contributed by atoms with Crippen LogP contribution in [0.1, 0.15) is 10.4 Å². The van der Waals surface area contributed by atoms with E-state index >= 15 is 0 Å². The predicted octanol–water partition coefficient (Wildman–Crippen LogP) is -3.38. The molecule has 0 radical (unpaired) electrons. The maximum absolute atomic E-state index is 11.1. The fourth-order valence-electron chi connectivity index (χ4n) is 2.27. The number of benzene rings is 3. The van der Waals surface area contributed by atoms with E-state index in [1.807, 2.05) is 24.3 Å². The number of carboxylic acids is 1. The Morgan fingerprint density at radius 1 is 0.692 bits per heavy atom. The monoisotopic (exact) mass is 364 g/mol. The van der Waals surface area contributed by atoms with Crippen LogP contribution in [-0.2, 0) is 0 Å². The summed E-state index contributed by atoms with van der Waals surface area (Å²) in [6.07, 6.45) is 0. The van der Waals surface area contributed by atoms with Gasteiger partial charge < -0.3 is 25.6 Å². The Morgan fingerprint density at radius 3 is 1.69 bits per heavy atom. The summed E-state index contributed by atoms with van der Waals surface area (Å²) >= 11 is 0. The molecule has 3 aromatic rings. The van der Waals surface area contributed by atoms with Crippen LogP contribution in [0.5, 0.6) is 5.75 Å². The molecular weight excluding hydrogens is 350 g/mol. The van der Waals surface area contributed by atoms with E-state index in [9.17, 15) is 15.0 Å². The standard InChI is InChI=1S/C19H16N2O3.2Na/c22-16-11-9-14(10-12-16)20-13-5-7-15(8-6-13)21-18-4-2-1-3-17(18)19(23)24;;/h1-12,20-22H,(H,23,24);;/q;2*+1/p-2. The van der Waals surface area contributed by atoms with Gasteiger partial charge in [0.1, 0.15) is 0 Å². The number of anilines is 4. The molecule has 0 aromatic heterocycles. The van der Waals surface area contributed by atoms with Crippen molar-refractivity contribution in [2.75, 3.05) is 10.6 Å². The van der Waals surface area contributed by atoms with Gasteiger partial charge in [0, 0.05) is 28.3 Å². The second kappa shape index (κ2) is 10.6. The third-order valence-corrected chi connectivity index (χ3v) is 3.45. The first kappa shape index (κ1) is 22.6. The normalized spacial score (nSPS) is 9.38. The van der Waals surface area contributed by atoms with E-state index < -0.39 is 5.97 Å². The van der Waals surface area contributed by atoms with Crippen LogP contribution in [0.25, 0.3) is 0 Å². The number of carbonyl (C=O) groups excluding carboxylic acids is 1. The van der Waals surface area contributed by atoms with Gasteiger partial charge in [-0.25, -0.2) is 0 Å². The largest absolute Gasteiger partial charge is 1.00 e. The Morgan fingerprint density at radius 2 is 1.15 bits per heavy atom. The van der Waals surface area contributed by atoms with E-state index in [0.29, 0.717) is 5.69 Å². The topological polar surface area (TPSA) is 87.2 Å². The maximum Gasteiger partial charge on any atom is 1.00 e. The van der Waals surface area contributed by atoms with E-state index in [0.717, 1.165) is 17.1 Å². The number of carbonyl (C=O) groups is 1.